The number of hydrogen-bond donors (Lipinski definition) is 1. The van der Waals surface area contributed by atoms with Crippen molar-refractivity contribution < 1.29 is 13.9 Å². The summed E-state index contributed by atoms with van der Waals surface area (Å²) in [7, 11) is 1.47. The largest absolute Gasteiger partial charge is 0.495 e. The number of aromatic nitrogens is 2. The molecule has 3 rings (SSSR count). The lowest BCUT2D eigenvalue weighted by atomic mass is 10.1. The van der Waals surface area contributed by atoms with E-state index in [1.807, 2.05) is 0 Å². The summed E-state index contributed by atoms with van der Waals surface area (Å²) < 4.78 is 19.3. The van der Waals surface area contributed by atoms with E-state index in [1.54, 1.807) is 18.2 Å². The average molecular weight is 388 g/mol. The van der Waals surface area contributed by atoms with E-state index < -0.39 is 11.5 Å². The van der Waals surface area contributed by atoms with Crippen molar-refractivity contribution >= 4 is 23.2 Å². The number of nitrogens with one attached hydrogen (secondary N) is 1. The molecule has 0 saturated carbocycles. The molecule has 1 N–H and O–H groups in total. The topological polar surface area (TPSA) is 73.2 Å². The summed E-state index contributed by atoms with van der Waals surface area (Å²) in [4.78, 5) is 28.7. The molecule has 1 heterocycles. The lowest BCUT2D eigenvalue weighted by molar-refractivity contribution is -0.116. The van der Waals surface area contributed by atoms with Crippen molar-refractivity contribution in [3.8, 4) is 17.0 Å². The summed E-state index contributed by atoms with van der Waals surface area (Å²) in [5.41, 5.74) is 0.999. The fourth-order valence-corrected chi connectivity index (χ4v) is 2.62. The Labute approximate surface area is 159 Å². The summed E-state index contributed by atoms with van der Waals surface area (Å²) >= 11 is 5.93. The number of benzene rings is 2. The number of amides is 1. The lowest BCUT2D eigenvalue weighted by Gasteiger charge is -2.11. The minimum atomic E-state index is -0.436. The van der Waals surface area contributed by atoms with Crippen LogP contribution in [0.25, 0.3) is 11.3 Å². The van der Waals surface area contributed by atoms with Crippen LogP contribution in [-0.2, 0) is 11.3 Å². The highest BCUT2D eigenvalue weighted by Gasteiger charge is 2.11. The minimum absolute atomic E-state index is 0.231. The van der Waals surface area contributed by atoms with Gasteiger partial charge in [0.25, 0.3) is 5.56 Å². The highest BCUT2D eigenvalue weighted by Crippen LogP contribution is 2.27. The molecular weight excluding hydrogens is 373 g/mol. The van der Waals surface area contributed by atoms with Crippen LogP contribution in [-0.4, -0.2) is 22.6 Å². The molecule has 0 aliphatic heterocycles. The van der Waals surface area contributed by atoms with E-state index in [1.165, 1.54) is 48.3 Å². The first kappa shape index (κ1) is 18.6. The van der Waals surface area contributed by atoms with E-state index in [2.05, 4.69) is 10.3 Å². The normalized spacial score (nSPS) is 10.5. The number of halogens is 2. The maximum absolute atomic E-state index is 13.0. The third kappa shape index (κ3) is 4.51. The Hall–Kier alpha value is -3.19. The van der Waals surface area contributed by atoms with Gasteiger partial charge in [0.1, 0.15) is 18.1 Å². The van der Waals surface area contributed by atoms with Crippen LogP contribution in [0.15, 0.2) is 59.7 Å². The molecule has 0 spiro atoms. The number of ether oxygens (including phenoxy) is 1. The first-order chi connectivity index (χ1) is 13.0. The Kier molecular flexibility index (Phi) is 5.52. The van der Waals surface area contributed by atoms with Gasteiger partial charge in [-0.3, -0.25) is 14.2 Å². The lowest BCUT2D eigenvalue weighted by Crippen LogP contribution is -2.27. The van der Waals surface area contributed by atoms with Crippen LogP contribution < -0.4 is 15.6 Å². The Morgan fingerprint density at radius 2 is 1.96 bits per heavy atom. The van der Waals surface area contributed by atoms with Crippen molar-refractivity contribution in [2.75, 3.05) is 12.4 Å². The van der Waals surface area contributed by atoms with Gasteiger partial charge in [-0.15, -0.1) is 0 Å². The molecule has 0 radical (unpaired) electrons. The Morgan fingerprint density at radius 3 is 2.63 bits per heavy atom. The van der Waals surface area contributed by atoms with E-state index in [4.69, 9.17) is 16.3 Å². The van der Waals surface area contributed by atoms with Gasteiger partial charge in [0.15, 0.2) is 0 Å². The molecule has 1 aromatic heterocycles. The predicted molar refractivity (Wildman–Crippen MR) is 101 cm³/mol. The van der Waals surface area contributed by atoms with Crippen molar-refractivity contribution in [1.82, 2.24) is 9.55 Å². The number of carbonyl (C=O) groups is 1. The predicted octanol–water partition coefficient (Wildman–Crippen LogP) is 3.35. The Balaban J connectivity index is 1.76. The van der Waals surface area contributed by atoms with Crippen LogP contribution in [0.5, 0.6) is 5.75 Å². The molecule has 1 amide bonds. The van der Waals surface area contributed by atoms with Gasteiger partial charge >= 0.3 is 0 Å². The molecule has 2 aromatic carbocycles. The van der Waals surface area contributed by atoms with E-state index >= 15 is 0 Å². The summed E-state index contributed by atoms with van der Waals surface area (Å²) in [6.45, 7) is -0.231. The maximum Gasteiger partial charge on any atom is 0.254 e. The molecule has 8 heteroatoms. The molecular formula is C19H15ClFN3O3. The summed E-state index contributed by atoms with van der Waals surface area (Å²) in [6.07, 6.45) is 1.27. The second-order valence-electron chi connectivity index (χ2n) is 5.64. The van der Waals surface area contributed by atoms with Gasteiger partial charge < -0.3 is 10.1 Å². The van der Waals surface area contributed by atoms with Crippen molar-refractivity contribution in [3.63, 3.8) is 0 Å². The molecule has 138 valence electrons. The van der Waals surface area contributed by atoms with Crippen molar-refractivity contribution in [2.45, 2.75) is 6.54 Å². The van der Waals surface area contributed by atoms with Gasteiger partial charge in [-0.1, -0.05) is 11.6 Å². The van der Waals surface area contributed by atoms with Crippen LogP contribution in [0.2, 0.25) is 5.02 Å². The molecule has 0 unspecified atom stereocenters. The number of nitrogens with zero attached hydrogens (tertiary/aromatic N) is 2. The second-order valence-corrected chi connectivity index (χ2v) is 6.08. The molecule has 0 atom stereocenters. The van der Waals surface area contributed by atoms with Crippen LogP contribution in [0.4, 0.5) is 10.1 Å². The van der Waals surface area contributed by atoms with E-state index in [0.717, 1.165) is 0 Å². The first-order valence-corrected chi connectivity index (χ1v) is 8.30. The zero-order valence-corrected chi connectivity index (χ0v) is 15.0. The van der Waals surface area contributed by atoms with Crippen LogP contribution in [0, 0.1) is 5.82 Å². The number of carbonyl (C=O) groups excluding carboxylic acids is 1. The van der Waals surface area contributed by atoms with Crippen molar-refractivity contribution in [1.29, 1.82) is 0 Å². The smallest absolute Gasteiger partial charge is 0.254 e. The van der Waals surface area contributed by atoms with Gasteiger partial charge in [-0.05, 0) is 42.5 Å². The minimum Gasteiger partial charge on any atom is -0.495 e. The van der Waals surface area contributed by atoms with Crippen molar-refractivity contribution in [2.24, 2.45) is 0 Å². The van der Waals surface area contributed by atoms with Gasteiger partial charge in [-0.25, -0.2) is 9.37 Å². The molecule has 3 aromatic rings. The summed E-state index contributed by atoms with van der Waals surface area (Å²) in [5.74, 6) is -0.362. The molecule has 27 heavy (non-hydrogen) atoms. The average Bonchev–Trinajstić information content (AvgIpc) is 2.64. The highest BCUT2D eigenvalue weighted by atomic mass is 35.5. The standard InChI is InChI=1S/C19H15ClFN3O3/c1-27-17-7-4-13(20)8-16(17)23-18(25)10-24-11-22-15(9-19(24)26)12-2-5-14(21)6-3-12/h2-9,11H,10H2,1H3,(H,23,25). The van der Waals surface area contributed by atoms with E-state index in [0.29, 0.717) is 27.7 Å². The molecule has 0 aliphatic rings. The number of methoxy groups -OCH3 is 1. The second kappa shape index (κ2) is 8.01. The van der Waals surface area contributed by atoms with Crippen LogP contribution >= 0.6 is 11.6 Å². The highest BCUT2D eigenvalue weighted by molar-refractivity contribution is 6.31. The van der Waals surface area contributed by atoms with Crippen molar-refractivity contribution in [3.05, 3.63) is 76.1 Å². The third-order valence-corrected chi connectivity index (χ3v) is 4.00. The molecule has 0 bridgehead atoms. The zero-order valence-electron chi connectivity index (χ0n) is 14.3. The van der Waals surface area contributed by atoms with Crippen LogP contribution in [0.1, 0.15) is 0 Å². The molecule has 0 aliphatic carbocycles. The third-order valence-electron chi connectivity index (χ3n) is 3.77. The Bertz CT molecular complexity index is 1040. The summed E-state index contributed by atoms with van der Waals surface area (Å²) in [6, 6.07) is 11.7. The van der Waals surface area contributed by atoms with E-state index in [-0.39, 0.29) is 12.4 Å². The summed E-state index contributed by atoms with van der Waals surface area (Å²) in [5, 5.41) is 3.09. The fourth-order valence-electron chi connectivity index (χ4n) is 2.45. The SMILES string of the molecule is COc1ccc(Cl)cc1NC(=O)Cn1cnc(-c2ccc(F)cc2)cc1=O. The van der Waals surface area contributed by atoms with Gasteiger partial charge in [0.2, 0.25) is 5.91 Å². The number of anilines is 1. The fraction of sp³-hybridized carbons (Fsp3) is 0.105. The van der Waals surface area contributed by atoms with Gasteiger partial charge in [0.05, 0.1) is 24.8 Å². The monoisotopic (exact) mass is 387 g/mol. The first-order valence-electron chi connectivity index (χ1n) is 7.92. The number of rotatable bonds is 5. The van der Waals surface area contributed by atoms with Crippen LogP contribution in [0.3, 0.4) is 0 Å². The maximum atomic E-state index is 13.0. The number of hydrogen-bond acceptors (Lipinski definition) is 4. The zero-order chi connectivity index (χ0) is 19.4. The molecule has 6 nitrogen and oxygen atoms in total. The molecule has 0 fully saturated rings. The molecule has 0 saturated heterocycles. The van der Waals surface area contributed by atoms with Gasteiger partial charge in [0, 0.05) is 16.7 Å². The quantitative estimate of drug-likeness (QED) is 0.728. The van der Waals surface area contributed by atoms with E-state index in [9.17, 15) is 14.0 Å². The van der Waals surface area contributed by atoms with Gasteiger partial charge in [-0.2, -0.15) is 0 Å². The Morgan fingerprint density at radius 1 is 1.22 bits per heavy atom.